The number of sulfonamides is 1. The molecule has 27 heavy (non-hydrogen) atoms. The molecule has 1 aromatic rings. The van der Waals surface area contributed by atoms with Gasteiger partial charge in [-0.2, -0.15) is 0 Å². The van der Waals surface area contributed by atoms with Crippen molar-refractivity contribution in [3.05, 3.63) is 23.2 Å². The number of methoxy groups -OCH3 is 1. The van der Waals surface area contributed by atoms with Gasteiger partial charge >= 0.3 is 0 Å². The van der Waals surface area contributed by atoms with Gasteiger partial charge in [-0.05, 0) is 50.8 Å². The van der Waals surface area contributed by atoms with E-state index in [2.05, 4.69) is 26.1 Å². The highest BCUT2D eigenvalue weighted by Crippen LogP contribution is 2.34. The van der Waals surface area contributed by atoms with Gasteiger partial charge in [-0.1, -0.05) is 32.4 Å². The molecule has 154 valence electrons. The van der Waals surface area contributed by atoms with Gasteiger partial charge in [-0.25, -0.2) is 8.42 Å². The quantitative estimate of drug-likeness (QED) is 0.729. The van der Waals surface area contributed by atoms with Crippen LogP contribution in [0.1, 0.15) is 48.0 Å². The van der Waals surface area contributed by atoms with Crippen molar-refractivity contribution in [2.45, 2.75) is 59.5 Å². The van der Waals surface area contributed by atoms with Crippen LogP contribution in [-0.2, 0) is 14.8 Å². The Hall–Kier alpha value is -1.47. The molecule has 1 rings (SSSR count). The zero-order chi connectivity index (χ0) is 21.2. The van der Waals surface area contributed by atoms with Gasteiger partial charge in [0.1, 0.15) is 11.8 Å². The van der Waals surface area contributed by atoms with Crippen molar-refractivity contribution >= 4 is 33.2 Å². The van der Waals surface area contributed by atoms with E-state index in [1.807, 2.05) is 13.8 Å². The molecule has 1 N–H and O–H groups in total. The lowest BCUT2D eigenvalue weighted by molar-refractivity contribution is -0.123. The molecule has 1 amide bonds. The Kier molecular flexibility index (Phi) is 7.22. The number of carbonyl (C=O) groups excluding carboxylic acids is 1. The number of benzene rings is 1. The summed E-state index contributed by atoms with van der Waals surface area (Å²) in [6.07, 6.45) is 1.79. The van der Waals surface area contributed by atoms with Crippen molar-refractivity contribution in [1.29, 1.82) is 0 Å². The van der Waals surface area contributed by atoms with Crippen LogP contribution in [0.5, 0.6) is 5.75 Å². The minimum Gasteiger partial charge on any atom is -0.495 e. The summed E-state index contributed by atoms with van der Waals surface area (Å²) in [7, 11) is -2.33. The van der Waals surface area contributed by atoms with Crippen LogP contribution < -0.4 is 14.4 Å². The molecule has 0 unspecified atom stereocenters. The maximum atomic E-state index is 12.9. The molecule has 0 heterocycles. The van der Waals surface area contributed by atoms with Crippen LogP contribution in [0.4, 0.5) is 5.69 Å². The first-order chi connectivity index (χ1) is 12.1. The summed E-state index contributed by atoms with van der Waals surface area (Å²) >= 11 is 6.05. The second-order valence-corrected chi connectivity index (χ2v) is 11.0. The van der Waals surface area contributed by atoms with Gasteiger partial charge in [0.05, 0.1) is 19.1 Å². The van der Waals surface area contributed by atoms with Crippen molar-refractivity contribution < 1.29 is 17.9 Å². The minimum absolute atomic E-state index is 0.00666. The van der Waals surface area contributed by atoms with E-state index < -0.39 is 27.5 Å². The third-order valence-electron chi connectivity index (χ3n) is 3.90. The third kappa shape index (κ3) is 6.88. The standard InChI is InChI=1S/C19H31ClN2O4S/c1-13(17(23)21-19(5,6)12-18(2,3)4)22(27(8,24)25)15-11-14(20)9-10-16(15)26-7/h9-11,13H,12H2,1-8H3,(H,21,23)/t13-/m1/s1. The first kappa shape index (κ1) is 23.6. The lowest BCUT2D eigenvalue weighted by Crippen LogP contribution is -2.54. The van der Waals surface area contributed by atoms with Gasteiger partial charge in [-0.15, -0.1) is 0 Å². The van der Waals surface area contributed by atoms with Gasteiger partial charge in [0.15, 0.2) is 0 Å². The van der Waals surface area contributed by atoms with Gasteiger partial charge in [0, 0.05) is 10.6 Å². The van der Waals surface area contributed by atoms with E-state index in [1.165, 1.54) is 13.2 Å². The van der Waals surface area contributed by atoms with Crippen molar-refractivity contribution in [1.82, 2.24) is 5.32 Å². The number of rotatable bonds is 7. The maximum Gasteiger partial charge on any atom is 0.244 e. The molecule has 0 aliphatic heterocycles. The molecule has 0 saturated heterocycles. The van der Waals surface area contributed by atoms with Crippen molar-refractivity contribution in [2.24, 2.45) is 5.41 Å². The van der Waals surface area contributed by atoms with Gasteiger partial charge in [0.2, 0.25) is 15.9 Å². The smallest absolute Gasteiger partial charge is 0.244 e. The van der Waals surface area contributed by atoms with E-state index in [0.29, 0.717) is 10.8 Å². The summed E-state index contributed by atoms with van der Waals surface area (Å²) in [6, 6.07) is 3.67. The first-order valence-electron chi connectivity index (χ1n) is 8.72. The monoisotopic (exact) mass is 418 g/mol. The second-order valence-electron chi connectivity index (χ2n) is 8.66. The minimum atomic E-state index is -3.77. The topological polar surface area (TPSA) is 75.7 Å². The first-order valence-corrected chi connectivity index (χ1v) is 10.9. The highest BCUT2D eigenvalue weighted by atomic mass is 35.5. The maximum absolute atomic E-state index is 12.9. The number of nitrogens with zero attached hydrogens (tertiary/aromatic N) is 1. The molecule has 1 atom stereocenters. The Morgan fingerprint density at radius 1 is 1.26 bits per heavy atom. The Morgan fingerprint density at radius 3 is 2.26 bits per heavy atom. The Morgan fingerprint density at radius 2 is 1.81 bits per heavy atom. The number of hydrogen-bond acceptors (Lipinski definition) is 4. The number of anilines is 1. The van der Waals surface area contributed by atoms with E-state index in [1.54, 1.807) is 19.1 Å². The summed E-state index contributed by atoms with van der Waals surface area (Å²) in [6.45, 7) is 11.7. The Labute approximate surface area is 168 Å². The third-order valence-corrected chi connectivity index (χ3v) is 5.36. The average molecular weight is 419 g/mol. The highest BCUT2D eigenvalue weighted by Gasteiger charge is 2.35. The molecule has 0 aliphatic carbocycles. The van der Waals surface area contributed by atoms with Crippen LogP contribution in [-0.4, -0.2) is 39.3 Å². The van der Waals surface area contributed by atoms with E-state index >= 15 is 0 Å². The fraction of sp³-hybridized carbons (Fsp3) is 0.632. The van der Waals surface area contributed by atoms with Gasteiger partial charge in [0.25, 0.3) is 0 Å². The van der Waals surface area contributed by atoms with Crippen molar-refractivity contribution in [3.8, 4) is 5.75 Å². The number of nitrogens with one attached hydrogen (secondary N) is 1. The molecule has 0 spiro atoms. The number of ether oxygens (including phenoxy) is 1. The highest BCUT2D eigenvalue weighted by molar-refractivity contribution is 7.92. The van der Waals surface area contributed by atoms with Crippen LogP contribution in [0.15, 0.2) is 18.2 Å². The molecule has 6 nitrogen and oxygen atoms in total. The summed E-state index contributed by atoms with van der Waals surface area (Å²) < 4.78 is 31.3. The molecule has 1 aromatic carbocycles. The number of carbonyl (C=O) groups is 1. The van der Waals surface area contributed by atoms with E-state index in [-0.39, 0.29) is 11.1 Å². The normalized spacial score (nSPS) is 13.8. The zero-order valence-electron chi connectivity index (χ0n) is 17.4. The molecular weight excluding hydrogens is 388 g/mol. The number of hydrogen-bond donors (Lipinski definition) is 1. The Balaban J connectivity index is 3.27. The SMILES string of the molecule is COc1ccc(Cl)cc1N([C@H](C)C(=O)NC(C)(C)CC(C)(C)C)S(C)(=O)=O. The van der Waals surface area contributed by atoms with E-state index in [9.17, 15) is 13.2 Å². The lowest BCUT2D eigenvalue weighted by atomic mass is 9.81. The van der Waals surface area contributed by atoms with Gasteiger partial charge in [-0.3, -0.25) is 9.10 Å². The van der Waals surface area contributed by atoms with Crippen LogP contribution in [0.2, 0.25) is 5.02 Å². The summed E-state index contributed by atoms with van der Waals surface area (Å²) in [5.74, 6) is -0.0740. The fourth-order valence-electron chi connectivity index (χ4n) is 3.42. The molecule has 0 radical (unpaired) electrons. The molecule has 8 heteroatoms. The van der Waals surface area contributed by atoms with Crippen molar-refractivity contribution in [2.75, 3.05) is 17.7 Å². The predicted molar refractivity (Wildman–Crippen MR) is 111 cm³/mol. The molecule has 0 fully saturated rings. The molecule has 0 saturated carbocycles. The Bertz CT molecular complexity index is 785. The predicted octanol–water partition coefficient (Wildman–Crippen LogP) is 3.83. The van der Waals surface area contributed by atoms with Gasteiger partial charge < -0.3 is 10.1 Å². The van der Waals surface area contributed by atoms with Crippen LogP contribution in [0, 0.1) is 5.41 Å². The van der Waals surface area contributed by atoms with Crippen LogP contribution >= 0.6 is 11.6 Å². The summed E-state index contributed by atoms with van der Waals surface area (Å²) in [4.78, 5) is 12.9. The molecular formula is C19H31ClN2O4S. The average Bonchev–Trinajstić information content (AvgIpc) is 2.42. The molecule has 0 bridgehead atoms. The number of amides is 1. The zero-order valence-corrected chi connectivity index (χ0v) is 19.0. The van der Waals surface area contributed by atoms with E-state index in [4.69, 9.17) is 16.3 Å². The lowest BCUT2D eigenvalue weighted by Gasteiger charge is -2.36. The van der Waals surface area contributed by atoms with Crippen molar-refractivity contribution in [3.63, 3.8) is 0 Å². The number of halogens is 1. The van der Waals surface area contributed by atoms with Crippen LogP contribution in [0.3, 0.4) is 0 Å². The summed E-state index contributed by atoms with van der Waals surface area (Å²) in [5, 5.41) is 3.32. The van der Waals surface area contributed by atoms with E-state index in [0.717, 1.165) is 17.0 Å². The molecule has 0 aliphatic rings. The van der Waals surface area contributed by atoms with Crippen LogP contribution in [0.25, 0.3) is 0 Å². The molecule has 0 aromatic heterocycles. The fourth-order valence-corrected chi connectivity index (χ4v) is 4.76. The largest absolute Gasteiger partial charge is 0.495 e. The second kappa shape index (κ2) is 8.27. The summed E-state index contributed by atoms with van der Waals surface area (Å²) in [5.41, 5.74) is -0.262.